The van der Waals surface area contributed by atoms with Gasteiger partial charge in [-0.1, -0.05) is 13.8 Å². The average molecular weight is 316 g/mol. The SMILES string of the molecule is CC(=O)NCC1CN(c2ccc3c(c2)CC(C)(C)C3=O)C(=O)O1. The molecule has 0 aromatic heterocycles. The molecule has 122 valence electrons. The van der Waals surface area contributed by atoms with Crippen molar-refractivity contribution in [1.82, 2.24) is 5.32 Å². The number of anilines is 1. The van der Waals surface area contributed by atoms with Crippen LogP contribution in [0.5, 0.6) is 0 Å². The molecule has 1 aliphatic heterocycles. The highest BCUT2D eigenvalue weighted by Crippen LogP contribution is 2.38. The monoisotopic (exact) mass is 316 g/mol. The van der Waals surface area contributed by atoms with Crippen LogP contribution in [0.4, 0.5) is 10.5 Å². The maximum absolute atomic E-state index is 12.3. The summed E-state index contributed by atoms with van der Waals surface area (Å²) in [6.07, 6.45) is -0.116. The van der Waals surface area contributed by atoms with Crippen LogP contribution in [0.3, 0.4) is 0 Å². The maximum atomic E-state index is 12.3. The number of ketones is 1. The van der Waals surface area contributed by atoms with Crippen molar-refractivity contribution in [3.63, 3.8) is 0 Å². The van der Waals surface area contributed by atoms with Crippen molar-refractivity contribution in [3.8, 4) is 0 Å². The normalized spacial score (nSPS) is 22.0. The zero-order valence-corrected chi connectivity index (χ0v) is 13.5. The van der Waals surface area contributed by atoms with E-state index in [1.165, 1.54) is 6.92 Å². The molecule has 1 fully saturated rings. The van der Waals surface area contributed by atoms with Gasteiger partial charge in [0.05, 0.1) is 13.1 Å². The van der Waals surface area contributed by atoms with E-state index >= 15 is 0 Å². The molecule has 1 aromatic carbocycles. The van der Waals surface area contributed by atoms with Gasteiger partial charge < -0.3 is 10.1 Å². The second-order valence-electron chi connectivity index (χ2n) is 6.78. The Kier molecular flexibility index (Phi) is 3.62. The number of fused-ring (bicyclic) bond motifs is 1. The lowest BCUT2D eigenvalue weighted by Crippen LogP contribution is -2.33. The molecule has 1 atom stereocenters. The summed E-state index contributed by atoms with van der Waals surface area (Å²) in [6.45, 7) is 5.97. The summed E-state index contributed by atoms with van der Waals surface area (Å²) in [5.41, 5.74) is 2.04. The molecule has 1 heterocycles. The zero-order chi connectivity index (χ0) is 16.8. The van der Waals surface area contributed by atoms with Gasteiger partial charge in [0.15, 0.2) is 5.78 Å². The summed E-state index contributed by atoms with van der Waals surface area (Å²) < 4.78 is 5.27. The lowest BCUT2D eigenvalue weighted by Gasteiger charge is -2.14. The molecular formula is C17H20N2O4. The van der Waals surface area contributed by atoms with E-state index in [2.05, 4.69) is 5.32 Å². The fourth-order valence-electron chi connectivity index (χ4n) is 3.13. The van der Waals surface area contributed by atoms with Gasteiger partial charge in [0.2, 0.25) is 5.91 Å². The van der Waals surface area contributed by atoms with Gasteiger partial charge in [-0.3, -0.25) is 14.5 Å². The van der Waals surface area contributed by atoms with E-state index in [0.29, 0.717) is 19.5 Å². The van der Waals surface area contributed by atoms with Crippen LogP contribution in [0, 0.1) is 5.41 Å². The quantitative estimate of drug-likeness (QED) is 0.924. The van der Waals surface area contributed by atoms with Crippen molar-refractivity contribution in [2.24, 2.45) is 5.41 Å². The second-order valence-corrected chi connectivity index (χ2v) is 6.78. The third-order valence-corrected chi connectivity index (χ3v) is 4.34. The Morgan fingerprint density at radius 3 is 2.83 bits per heavy atom. The molecule has 6 heteroatoms. The Morgan fingerprint density at radius 2 is 2.13 bits per heavy atom. The Labute approximate surface area is 134 Å². The summed E-state index contributed by atoms with van der Waals surface area (Å²) in [5, 5.41) is 2.65. The number of benzene rings is 1. The number of rotatable bonds is 3. The first-order valence-electron chi connectivity index (χ1n) is 7.68. The molecule has 6 nitrogen and oxygen atoms in total. The Balaban J connectivity index is 1.78. The molecule has 3 rings (SSSR count). The molecule has 2 aliphatic rings. The third-order valence-electron chi connectivity index (χ3n) is 4.34. The summed E-state index contributed by atoms with van der Waals surface area (Å²) in [5.74, 6) is -0.00985. The molecule has 0 saturated carbocycles. The van der Waals surface area contributed by atoms with E-state index in [1.54, 1.807) is 17.0 Å². The number of carbonyl (C=O) groups excluding carboxylic acids is 3. The van der Waals surface area contributed by atoms with Crippen LogP contribution < -0.4 is 10.2 Å². The molecule has 23 heavy (non-hydrogen) atoms. The number of Topliss-reactive ketones (excluding diaryl/α,β-unsaturated/α-hetero) is 1. The number of carbonyl (C=O) groups is 3. The van der Waals surface area contributed by atoms with E-state index < -0.39 is 6.09 Å². The molecule has 0 radical (unpaired) electrons. The van der Waals surface area contributed by atoms with Crippen LogP contribution in [0.2, 0.25) is 0 Å². The van der Waals surface area contributed by atoms with E-state index in [-0.39, 0.29) is 23.2 Å². The lowest BCUT2D eigenvalue weighted by molar-refractivity contribution is -0.119. The van der Waals surface area contributed by atoms with Crippen LogP contribution in [-0.4, -0.2) is 37.0 Å². The number of amides is 2. The summed E-state index contributed by atoms with van der Waals surface area (Å²) in [7, 11) is 0. The van der Waals surface area contributed by atoms with Crippen LogP contribution in [-0.2, 0) is 16.0 Å². The molecule has 1 N–H and O–H groups in total. The van der Waals surface area contributed by atoms with Gasteiger partial charge in [-0.15, -0.1) is 0 Å². The summed E-state index contributed by atoms with van der Waals surface area (Å²) >= 11 is 0. The highest BCUT2D eigenvalue weighted by molar-refractivity contribution is 6.05. The van der Waals surface area contributed by atoms with Crippen LogP contribution in [0.25, 0.3) is 0 Å². The molecule has 0 bridgehead atoms. The first kappa shape index (κ1) is 15.5. The second kappa shape index (κ2) is 5.37. The summed E-state index contributed by atoms with van der Waals surface area (Å²) in [6, 6.07) is 5.46. The van der Waals surface area contributed by atoms with Gasteiger partial charge in [-0.25, -0.2) is 4.79 Å². The largest absolute Gasteiger partial charge is 0.442 e. The fraction of sp³-hybridized carbons (Fsp3) is 0.471. The molecule has 2 amide bonds. The van der Waals surface area contributed by atoms with Crippen LogP contribution in [0.1, 0.15) is 36.7 Å². The maximum Gasteiger partial charge on any atom is 0.414 e. The summed E-state index contributed by atoms with van der Waals surface area (Å²) in [4.78, 5) is 36.8. The predicted octanol–water partition coefficient (Wildman–Crippen LogP) is 1.91. The van der Waals surface area contributed by atoms with Gasteiger partial charge in [0, 0.05) is 23.6 Å². The minimum absolute atomic E-state index is 0.145. The first-order chi connectivity index (χ1) is 10.8. The molecule has 1 unspecified atom stereocenters. The fourth-order valence-corrected chi connectivity index (χ4v) is 3.13. The molecule has 1 aliphatic carbocycles. The number of nitrogens with zero attached hydrogens (tertiary/aromatic N) is 1. The lowest BCUT2D eigenvalue weighted by atomic mass is 9.89. The van der Waals surface area contributed by atoms with Gasteiger partial charge in [-0.2, -0.15) is 0 Å². The van der Waals surface area contributed by atoms with Crippen molar-refractivity contribution < 1.29 is 19.1 Å². The van der Waals surface area contributed by atoms with Crippen LogP contribution in [0.15, 0.2) is 18.2 Å². The van der Waals surface area contributed by atoms with E-state index in [4.69, 9.17) is 4.74 Å². The molecule has 1 aromatic rings. The van der Waals surface area contributed by atoms with Crippen molar-refractivity contribution in [2.75, 3.05) is 18.0 Å². The Morgan fingerprint density at radius 1 is 1.39 bits per heavy atom. The zero-order valence-electron chi connectivity index (χ0n) is 13.5. The van der Waals surface area contributed by atoms with Crippen LogP contribution >= 0.6 is 0 Å². The molecule has 0 spiro atoms. The minimum atomic E-state index is -0.427. The van der Waals surface area contributed by atoms with Gasteiger partial charge in [0.25, 0.3) is 0 Å². The third kappa shape index (κ3) is 2.81. The predicted molar refractivity (Wildman–Crippen MR) is 84.6 cm³/mol. The highest BCUT2D eigenvalue weighted by atomic mass is 16.6. The highest BCUT2D eigenvalue weighted by Gasteiger charge is 2.39. The number of hydrogen-bond donors (Lipinski definition) is 1. The van der Waals surface area contributed by atoms with E-state index in [0.717, 1.165) is 16.8 Å². The number of cyclic esters (lactones) is 1. The molecule has 1 saturated heterocycles. The smallest absolute Gasteiger partial charge is 0.414 e. The number of ether oxygens (including phenoxy) is 1. The topological polar surface area (TPSA) is 75.7 Å². The van der Waals surface area contributed by atoms with Crippen molar-refractivity contribution in [3.05, 3.63) is 29.3 Å². The average Bonchev–Trinajstić information content (AvgIpc) is 2.94. The van der Waals surface area contributed by atoms with Crippen molar-refractivity contribution >= 4 is 23.5 Å². The van der Waals surface area contributed by atoms with Gasteiger partial charge in [0.1, 0.15) is 6.10 Å². The molecular weight excluding hydrogens is 296 g/mol. The van der Waals surface area contributed by atoms with E-state index in [1.807, 2.05) is 19.9 Å². The standard InChI is InChI=1S/C17H20N2O4/c1-10(20)18-8-13-9-19(16(22)23-13)12-4-5-14-11(6-12)7-17(2,3)15(14)21/h4-6,13H,7-9H2,1-3H3,(H,18,20). The van der Waals surface area contributed by atoms with Gasteiger partial charge in [-0.05, 0) is 30.2 Å². The Hall–Kier alpha value is -2.37. The van der Waals surface area contributed by atoms with Gasteiger partial charge >= 0.3 is 6.09 Å². The minimum Gasteiger partial charge on any atom is -0.442 e. The first-order valence-corrected chi connectivity index (χ1v) is 7.68. The number of nitrogens with one attached hydrogen (secondary N) is 1. The Bertz CT molecular complexity index is 696. The van der Waals surface area contributed by atoms with Crippen molar-refractivity contribution in [1.29, 1.82) is 0 Å². The number of hydrogen-bond acceptors (Lipinski definition) is 4. The van der Waals surface area contributed by atoms with Crippen molar-refractivity contribution in [2.45, 2.75) is 33.3 Å². The van der Waals surface area contributed by atoms with E-state index in [9.17, 15) is 14.4 Å².